The third-order valence-electron chi connectivity index (χ3n) is 5.69. The van der Waals surface area contributed by atoms with E-state index in [1.54, 1.807) is 53.5 Å². The number of furan rings is 1. The number of ether oxygens (including phenoxy) is 1. The molecule has 0 aliphatic heterocycles. The van der Waals surface area contributed by atoms with Crippen LogP contribution >= 0.6 is 0 Å². The third kappa shape index (κ3) is 5.60. The highest BCUT2D eigenvalue weighted by Gasteiger charge is 2.26. The molecule has 1 aromatic carbocycles. The fourth-order valence-corrected chi connectivity index (χ4v) is 3.50. The number of aryl methyl sites for hydroxylation is 1. The van der Waals surface area contributed by atoms with Crippen LogP contribution in [-0.4, -0.2) is 45.9 Å². The Morgan fingerprint density at radius 2 is 1.94 bits per heavy atom. The van der Waals surface area contributed by atoms with Crippen molar-refractivity contribution in [2.24, 2.45) is 7.05 Å². The summed E-state index contributed by atoms with van der Waals surface area (Å²) in [6.07, 6.45) is 4.28. The lowest BCUT2D eigenvalue weighted by atomic mass is 10.1. The molecule has 32 heavy (non-hydrogen) atoms. The molecule has 0 fully saturated rings. The molecule has 7 nitrogen and oxygen atoms in total. The molecule has 2 amide bonds. The Morgan fingerprint density at radius 3 is 2.56 bits per heavy atom. The summed E-state index contributed by atoms with van der Waals surface area (Å²) in [4.78, 5) is 30.2. The molecule has 0 aliphatic carbocycles. The molecule has 0 saturated heterocycles. The molecule has 3 rings (SSSR count). The second kappa shape index (κ2) is 10.7. The molecule has 1 unspecified atom stereocenters. The van der Waals surface area contributed by atoms with Crippen molar-refractivity contribution < 1.29 is 18.7 Å². The van der Waals surface area contributed by atoms with Gasteiger partial charge in [-0.05, 0) is 55.8 Å². The first-order chi connectivity index (χ1) is 15.4. The molecule has 170 valence electrons. The number of carbonyl (C=O) groups is 2. The molecule has 1 atom stereocenters. The molecule has 2 heterocycles. The fourth-order valence-electron chi connectivity index (χ4n) is 3.50. The zero-order valence-electron chi connectivity index (χ0n) is 19.2. The van der Waals surface area contributed by atoms with Crippen molar-refractivity contribution in [3.63, 3.8) is 0 Å². The quantitative estimate of drug-likeness (QED) is 0.479. The average molecular weight is 438 g/mol. The van der Waals surface area contributed by atoms with E-state index in [0.717, 1.165) is 12.1 Å². The van der Waals surface area contributed by atoms with E-state index < -0.39 is 0 Å². The summed E-state index contributed by atoms with van der Waals surface area (Å²) in [7, 11) is 3.51. The standard InChI is InChI=1S/C25H31N3O4/c1-5-19(2)28(25(30)20-9-6-11-22(15-20)31-4)18-24(29)27(17-23-12-8-14-32-23)16-21-10-7-13-26(21)3/h6-15,19H,5,16-18H2,1-4H3. The molecular weight excluding hydrogens is 406 g/mol. The lowest BCUT2D eigenvalue weighted by molar-refractivity contribution is -0.134. The highest BCUT2D eigenvalue weighted by atomic mass is 16.5. The van der Waals surface area contributed by atoms with Crippen molar-refractivity contribution in [1.82, 2.24) is 14.4 Å². The van der Waals surface area contributed by atoms with E-state index in [-0.39, 0.29) is 24.4 Å². The lowest BCUT2D eigenvalue weighted by Crippen LogP contribution is -2.46. The van der Waals surface area contributed by atoms with Crippen molar-refractivity contribution in [3.8, 4) is 5.75 Å². The monoisotopic (exact) mass is 437 g/mol. The average Bonchev–Trinajstić information content (AvgIpc) is 3.47. The van der Waals surface area contributed by atoms with Crippen LogP contribution in [0.15, 0.2) is 65.4 Å². The number of hydrogen-bond acceptors (Lipinski definition) is 4. The van der Waals surface area contributed by atoms with Crippen LogP contribution in [0.1, 0.15) is 42.1 Å². The van der Waals surface area contributed by atoms with Crippen LogP contribution in [-0.2, 0) is 24.9 Å². The van der Waals surface area contributed by atoms with E-state index in [4.69, 9.17) is 9.15 Å². The fraction of sp³-hybridized carbons (Fsp3) is 0.360. The Kier molecular flexibility index (Phi) is 7.76. The minimum Gasteiger partial charge on any atom is -0.497 e. The van der Waals surface area contributed by atoms with Crippen LogP contribution in [0.25, 0.3) is 0 Å². The van der Waals surface area contributed by atoms with Crippen molar-refractivity contribution in [3.05, 3.63) is 78.0 Å². The van der Waals surface area contributed by atoms with Gasteiger partial charge in [0.25, 0.3) is 5.91 Å². The van der Waals surface area contributed by atoms with Crippen molar-refractivity contribution in [1.29, 1.82) is 0 Å². The molecule has 0 spiro atoms. The van der Waals surface area contributed by atoms with E-state index in [1.807, 2.05) is 49.9 Å². The van der Waals surface area contributed by atoms with E-state index in [2.05, 4.69) is 0 Å². The van der Waals surface area contributed by atoms with Gasteiger partial charge in [0.15, 0.2) is 0 Å². The predicted octanol–water partition coefficient (Wildman–Crippen LogP) is 4.10. The van der Waals surface area contributed by atoms with Gasteiger partial charge in [0.2, 0.25) is 5.91 Å². The maximum Gasteiger partial charge on any atom is 0.254 e. The lowest BCUT2D eigenvalue weighted by Gasteiger charge is -2.31. The molecule has 3 aromatic rings. The number of nitrogens with zero attached hydrogens (tertiary/aromatic N) is 3. The van der Waals surface area contributed by atoms with Gasteiger partial charge < -0.3 is 23.5 Å². The summed E-state index contributed by atoms with van der Waals surface area (Å²) in [5.41, 5.74) is 1.50. The minimum atomic E-state index is -0.191. The van der Waals surface area contributed by atoms with Crippen LogP contribution in [0.5, 0.6) is 5.75 Å². The van der Waals surface area contributed by atoms with Gasteiger partial charge in [-0.3, -0.25) is 9.59 Å². The van der Waals surface area contributed by atoms with Gasteiger partial charge >= 0.3 is 0 Å². The number of methoxy groups -OCH3 is 1. The Balaban J connectivity index is 1.83. The first-order valence-electron chi connectivity index (χ1n) is 10.8. The number of benzene rings is 1. The molecule has 0 bridgehead atoms. The largest absolute Gasteiger partial charge is 0.497 e. The van der Waals surface area contributed by atoms with Gasteiger partial charge in [-0.2, -0.15) is 0 Å². The highest BCUT2D eigenvalue weighted by molar-refractivity contribution is 5.97. The van der Waals surface area contributed by atoms with E-state index in [0.29, 0.717) is 30.2 Å². The van der Waals surface area contributed by atoms with Gasteiger partial charge in [0.05, 0.1) is 26.5 Å². The summed E-state index contributed by atoms with van der Waals surface area (Å²) in [5, 5.41) is 0. The minimum absolute atomic E-state index is 0.0177. The summed E-state index contributed by atoms with van der Waals surface area (Å²) >= 11 is 0. The van der Waals surface area contributed by atoms with Crippen molar-refractivity contribution in [2.45, 2.75) is 39.4 Å². The van der Waals surface area contributed by atoms with E-state index >= 15 is 0 Å². The van der Waals surface area contributed by atoms with Crippen molar-refractivity contribution >= 4 is 11.8 Å². The molecule has 0 radical (unpaired) electrons. The van der Waals surface area contributed by atoms with Gasteiger partial charge in [0.1, 0.15) is 18.1 Å². The summed E-state index contributed by atoms with van der Waals surface area (Å²) < 4.78 is 12.7. The van der Waals surface area contributed by atoms with E-state index in [9.17, 15) is 9.59 Å². The molecule has 0 N–H and O–H groups in total. The van der Waals surface area contributed by atoms with E-state index in [1.165, 1.54) is 0 Å². The second-order valence-electron chi connectivity index (χ2n) is 7.86. The molecule has 0 saturated carbocycles. The van der Waals surface area contributed by atoms with Crippen LogP contribution in [0.2, 0.25) is 0 Å². The van der Waals surface area contributed by atoms with Gasteiger partial charge in [0, 0.05) is 30.5 Å². The van der Waals surface area contributed by atoms with Crippen molar-refractivity contribution in [2.75, 3.05) is 13.7 Å². The van der Waals surface area contributed by atoms with Gasteiger partial charge in [-0.25, -0.2) is 0 Å². The summed E-state index contributed by atoms with van der Waals surface area (Å²) in [6, 6.07) is 14.5. The van der Waals surface area contributed by atoms with Crippen LogP contribution < -0.4 is 4.74 Å². The zero-order chi connectivity index (χ0) is 23.1. The maximum atomic E-state index is 13.5. The first kappa shape index (κ1) is 23.2. The highest BCUT2D eigenvalue weighted by Crippen LogP contribution is 2.18. The second-order valence-corrected chi connectivity index (χ2v) is 7.86. The summed E-state index contributed by atoms with van der Waals surface area (Å²) in [5.74, 6) is 0.971. The maximum absolute atomic E-state index is 13.5. The SMILES string of the molecule is CCC(C)N(CC(=O)N(Cc1ccco1)Cc1cccn1C)C(=O)c1cccc(OC)c1. The topological polar surface area (TPSA) is 67.9 Å². The van der Waals surface area contributed by atoms with Crippen LogP contribution in [0.4, 0.5) is 0 Å². The number of aromatic nitrogens is 1. The van der Waals surface area contributed by atoms with Crippen LogP contribution in [0, 0.1) is 0 Å². The first-order valence-corrected chi connectivity index (χ1v) is 10.8. The zero-order valence-corrected chi connectivity index (χ0v) is 19.2. The number of rotatable bonds is 10. The smallest absolute Gasteiger partial charge is 0.254 e. The predicted molar refractivity (Wildman–Crippen MR) is 122 cm³/mol. The molecular formula is C25H31N3O4. The number of amides is 2. The van der Waals surface area contributed by atoms with Gasteiger partial charge in [-0.15, -0.1) is 0 Å². The Morgan fingerprint density at radius 1 is 1.12 bits per heavy atom. The number of carbonyl (C=O) groups excluding carboxylic acids is 2. The summed E-state index contributed by atoms with van der Waals surface area (Å²) in [6.45, 7) is 4.70. The Labute approximate surface area is 189 Å². The van der Waals surface area contributed by atoms with Gasteiger partial charge in [-0.1, -0.05) is 13.0 Å². The Hall–Kier alpha value is -3.48. The number of hydrogen-bond donors (Lipinski definition) is 0. The molecule has 7 heteroatoms. The molecule has 2 aromatic heterocycles. The third-order valence-corrected chi connectivity index (χ3v) is 5.69. The molecule has 0 aliphatic rings. The normalized spacial score (nSPS) is 11.8. The van der Waals surface area contributed by atoms with Crippen LogP contribution in [0.3, 0.4) is 0 Å². The Bertz CT molecular complexity index is 1030.